The molecule has 4 saturated carbocycles. The number of hydrogen-bond acceptors (Lipinski definition) is 4. The summed E-state index contributed by atoms with van der Waals surface area (Å²) in [6.07, 6.45) is 5.77. The summed E-state index contributed by atoms with van der Waals surface area (Å²) >= 11 is 0. The molecule has 4 fully saturated rings. The van der Waals surface area contributed by atoms with Crippen LogP contribution >= 0.6 is 0 Å². The monoisotopic (exact) mass is 343 g/mol. The molecule has 4 aliphatic carbocycles. The molecule has 0 saturated heterocycles. The molecule has 4 bridgehead atoms. The van der Waals surface area contributed by atoms with Gasteiger partial charge < -0.3 is 15.2 Å². The van der Waals surface area contributed by atoms with Crippen LogP contribution in [0.4, 0.5) is 0 Å². The number of benzene rings is 1. The van der Waals surface area contributed by atoms with E-state index in [-0.39, 0.29) is 18.1 Å². The summed E-state index contributed by atoms with van der Waals surface area (Å²) in [5, 5.41) is 13.2. The third kappa shape index (κ3) is 3.43. The number of rotatable bonds is 5. The minimum Gasteiger partial charge on any atom is -0.453 e. The number of nitrogens with one attached hydrogen (secondary N) is 1. The molecule has 0 aliphatic heterocycles. The Morgan fingerprint density at radius 2 is 1.64 bits per heavy atom. The van der Waals surface area contributed by atoms with Crippen molar-refractivity contribution < 1.29 is 19.4 Å². The molecule has 0 spiro atoms. The molecule has 1 atom stereocenters. The first kappa shape index (κ1) is 16.6. The Morgan fingerprint density at radius 3 is 2.20 bits per heavy atom. The molecule has 5 heteroatoms. The van der Waals surface area contributed by atoms with E-state index in [4.69, 9.17) is 4.74 Å². The lowest BCUT2D eigenvalue weighted by molar-refractivity contribution is -0.158. The van der Waals surface area contributed by atoms with Crippen molar-refractivity contribution in [2.24, 2.45) is 17.8 Å². The maximum absolute atomic E-state index is 12.3. The van der Waals surface area contributed by atoms with Gasteiger partial charge in [-0.2, -0.15) is 0 Å². The molecule has 1 aromatic rings. The summed E-state index contributed by atoms with van der Waals surface area (Å²) in [6.45, 7) is -0.329. The highest BCUT2D eigenvalue weighted by Crippen LogP contribution is 2.55. The fourth-order valence-electron chi connectivity index (χ4n) is 5.58. The van der Waals surface area contributed by atoms with Gasteiger partial charge in [-0.25, -0.2) is 4.79 Å². The van der Waals surface area contributed by atoms with Crippen molar-refractivity contribution in [1.29, 1.82) is 0 Å². The smallest absolute Gasteiger partial charge is 0.340 e. The van der Waals surface area contributed by atoms with Gasteiger partial charge in [0, 0.05) is 5.54 Å². The largest absolute Gasteiger partial charge is 0.453 e. The van der Waals surface area contributed by atoms with E-state index in [9.17, 15) is 14.7 Å². The van der Waals surface area contributed by atoms with Crippen molar-refractivity contribution in [3.05, 3.63) is 35.9 Å². The Hall–Kier alpha value is -1.88. The van der Waals surface area contributed by atoms with Gasteiger partial charge in [-0.1, -0.05) is 30.3 Å². The van der Waals surface area contributed by atoms with Crippen LogP contribution in [0, 0.1) is 17.8 Å². The number of carbonyl (C=O) groups is 2. The molecule has 0 radical (unpaired) electrons. The quantitative estimate of drug-likeness (QED) is 0.805. The van der Waals surface area contributed by atoms with Crippen LogP contribution in [0.1, 0.15) is 50.2 Å². The van der Waals surface area contributed by atoms with Crippen molar-refractivity contribution in [3.63, 3.8) is 0 Å². The minimum atomic E-state index is -1.35. The first-order valence-electron chi connectivity index (χ1n) is 9.24. The Morgan fingerprint density at radius 1 is 1.08 bits per heavy atom. The Bertz CT molecular complexity index is 622. The zero-order chi connectivity index (χ0) is 17.4. The first-order chi connectivity index (χ1) is 12.0. The number of ether oxygens (including phenoxy) is 1. The topological polar surface area (TPSA) is 75.6 Å². The van der Waals surface area contributed by atoms with Crippen LogP contribution in [0.5, 0.6) is 0 Å². The van der Waals surface area contributed by atoms with E-state index in [1.807, 2.05) is 0 Å². The lowest BCUT2D eigenvalue weighted by Gasteiger charge is -2.56. The van der Waals surface area contributed by atoms with Crippen LogP contribution in [0.15, 0.2) is 30.3 Å². The van der Waals surface area contributed by atoms with E-state index in [2.05, 4.69) is 5.32 Å². The van der Waals surface area contributed by atoms with Gasteiger partial charge in [-0.3, -0.25) is 4.79 Å². The van der Waals surface area contributed by atoms with Crippen LogP contribution < -0.4 is 5.32 Å². The molecule has 2 N–H and O–H groups in total. The van der Waals surface area contributed by atoms with E-state index in [1.54, 1.807) is 30.3 Å². The van der Waals surface area contributed by atoms with E-state index in [0.29, 0.717) is 5.56 Å². The Labute approximate surface area is 147 Å². The molecular weight excluding hydrogens is 318 g/mol. The summed E-state index contributed by atoms with van der Waals surface area (Å²) in [6, 6.07) is 8.60. The van der Waals surface area contributed by atoms with E-state index in [0.717, 1.165) is 37.0 Å². The molecule has 134 valence electrons. The molecule has 1 aromatic carbocycles. The lowest BCUT2D eigenvalue weighted by Crippen LogP contribution is -2.60. The maximum atomic E-state index is 12.3. The fraction of sp³-hybridized carbons (Fsp3) is 0.600. The highest BCUT2D eigenvalue weighted by atomic mass is 16.5. The second-order valence-electron chi connectivity index (χ2n) is 8.17. The van der Waals surface area contributed by atoms with Gasteiger partial charge in [0.05, 0.1) is 0 Å². The van der Waals surface area contributed by atoms with Crippen molar-refractivity contribution in [1.82, 2.24) is 5.32 Å². The number of carbonyl (C=O) groups excluding carboxylic acids is 2. The van der Waals surface area contributed by atoms with Gasteiger partial charge in [0.25, 0.3) is 5.91 Å². The molecule has 25 heavy (non-hydrogen) atoms. The van der Waals surface area contributed by atoms with E-state index < -0.39 is 12.1 Å². The molecular formula is C20H25NO4. The van der Waals surface area contributed by atoms with E-state index in [1.165, 1.54) is 19.3 Å². The van der Waals surface area contributed by atoms with Crippen molar-refractivity contribution >= 4 is 11.9 Å². The van der Waals surface area contributed by atoms with Crippen molar-refractivity contribution in [2.75, 3.05) is 6.61 Å². The second-order valence-corrected chi connectivity index (χ2v) is 8.17. The molecule has 1 amide bonds. The highest BCUT2D eigenvalue weighted by molar-refractivity contribution is 5.83. The molecule has 0 unspecified atom stereocenters. The minimum absolute atomic E-state index is 0.0870. The summed E-state index contributed by atoms with van der Waals surface area (Å²) in [5.41, 5.74) is 0.380. The van der Waals surface area contributed by atoms with Gasteiger partial charge in [0.15, 0.2) is 12.7 Å². The van der Waals surface area contributed by atoms with Gasteiger partial charge in [0.1, 0.15) is 0 Å². The zero-order valence-corrected chi connectivity index (χ0v) is 14.3. The first-order valence-corrected chi connectivity index (χ1v) is 9.24. The van der Waals surface area contributed by atoms with Gasteiger partial charge >= 0.3 is 5.97 Å². The average Bonchev–Trinajstić information content (AvgIpc) is 2.58. The molecule has 5 rings (SSSR count). The Balaban J connectivity index is 1.30. The van der Waals surface area contributed by atoms with Crippen LogP contribution in [0.2, 0.25) is 0 Å². The third-order valence-electron chi connectivity index (χ3n) is 6.13. The Kier molecular flexibility index (Phi) is 4.28. The standard InChI is InChI=1S/C20H25NO4/c22-17(12-25-19(24)18(23)16-4-2-1-3-5-16)21-20-9-13-6-14(10-20)8-15(7-13)11-20/h1-5,13-15,18,23H,6-12H2,(H,21,22)/t13?,14?,15?,18-,20?/m1/s1. The number of amides is 1. The van der Waals surface area contributed by atoms with Crippen LogP contribution in [-0.4, -0.2) is 29.1 Å². The SMILES string of the molecule is O=C(COC(=O)[C@H](O)c1ccccc1)NC12CC3CC(CC(C3)C1)C2. The van der Waals surface area contributed by atoms with Gasteiger partial charge in [0.2, 0.25) is 0 Å². The fourth-order valence-corrected chi connectivity index (χ4v) is 5.58. The van der Waals surface area contributed by atoms with Crippen LogP contribution in [-0.2, 0) is 14.3 Å². The maximum Gasteiger partial charge on any atom is 0.340 e. The number of aliphatic hydroxyl groups is 1. The summed E-state index contributed by atoms with van der Waals surface area (Å²) in [4.78, 5) is 24.3. The average molecular weight is 343 g/mol. The molecule has 0 heterocycles. The summed E-state index contributed by atoms with van der Waals surface area (Å²) < 4.78 is 5.03. The normalized spacial score (nSPS) is 33.7. The van der Waals surface area contributed by atoms with Crippen LogP contribution in [0.3, 0.4) is 0 Å². The number of aliphatic hydroxyl groups excluding tert-OH is 1. The van der Waals surface area contributed by atoms with Crippen molar-refractivity contribution in [3.8, 4) is 0 Å². The van der Waals surface area contributed by atoms with Crippen LogP contribution in [0.25, 0.3) is 0 Å². The summed E-state index contributed by atoms with van der Waals surface area (Å²) in [5.74, 6) is 1.19. The molecule has 5 nitrogen and oxygen atoms in total. The number of hydrogen-bond donors (Lipinski definition) is 2. The number of esters is 1. The van der Waals surface area contributed by atoms with E-state index >= 15 is 0 Å². The molecule has 4 aliphatic rings. The van der Waals surface area contributed by atoms with Gasteiger partial charge in [-0.05, 0) is 61.8 Å². The predicted molar refractivity (Wildman–Crippen MR) is 91.4 cm³/mol. The zero-order valence-electron chi connectivity index (χ0n) is 14.3. The van der Waals surface area contributed by atoms with Gasteiger partial charge in [-0.15, -0.1) is 0 Å². The third-order valence-corrected chi connectivity index (χ3v) is 6.13. The summed E-state index contributed by atoms with van der Waals surface area (Å²) in [7, 11) is 0. The van der Waals surface area contributed by atoms with Crippen molar-refractivity contribution in [2.45, 2.75) is 50.2 Å². The second kappa shape index (κ2) is 6.45. The lowest BCUT2D eigenvalue weighted by atomic mass is 9.53. The molecule has 0 aromatic heterocycles. The predicted octanol–water partition coefficient (Wildman–Crippen LogP) is 2.35. The highest BCUT2D eigenvalue weighted by Gasteiger charge is 2.51.